The Labute approximate surface area is 170 Å². The first-order valence-electron chi connectivity index (χ1n) is 8.29. The molecular weight excluding hydrogens is 467 g/mol. The first-order chi connectivity index (χ1) is 12.5. The molecule has 26 heavy (non-hydrogen) atoms. The fourth-order valence-corrected chi connectivity index (χ4v) is 3.33. The van der Waals surface area contributed by atoms with E-state index in [1.54, 1.807) is 36.4 Å². The number of ether oxygens (including phenoxy) is 1. The lowest BCUT2D eigenvalue weighted by Gasteiger charge is -2.14. The smallest absolute Gasteiger partial charge is 0.255 e. The lowest BCUT2D eigenvalue weighted by atomic mass is 10.1. The van der Waals surface area contributed by atoms with Crippen LogP contribution in [-0.4, -0.2) is 31.1 Å². The lowest BCUT2D eigenvalue weighted by Crippen LogP contribution is -2.32. The van der Waals surface area contributed by atoms with E-state index in [1.165, 1.54) is 0 Å². The number of amides is 2. The van der Waals surface area contributed by atoms with Crippen LogP contribution < -0.4 is 10.6 Å². The summed E-state index contributed by atoms with van der Waals surface area (Å²) in [5, 5.41) is 6.26. The summed E-state index contributed by atoms with van der Waals surface area (Å²) in [6, 6.07) is 11.9. The number of nitrogens with one attached hydrogen (secondary N) is 2. The first-order valence-corrected chi connectivity index (χ1v) is 9.75. The predicted molar refractivity (Wildman–Crippen MR) is 110 cm³/mol. The minimum Gasteiger partial charge on any atom is -0.376 e. The quantitative estimate of drug-likeness (QED) is 0.628. The summed E-state index contributed by atoms with van der Waals surface area (Å²) in [4.78, 5) is 25.0. The van der Waals surface area contributed by atoms with E-state index in [0.717, 1.165) is 23.0 Å². The van der Waals surface area contributed by atoms with Gasteiger partial charge in [0.1, 0.15) is 0 Å². The summed E-state index contributed by atoms with van der Waals surface area (Å²) >= 11 is 7.99. The van der Waals surface area contributed by atoms with Gasteiger partial charge in [0.2, 0.25) is 0 Å². The molecule has 1 fully saturated rings. The Morgan fingerprint density at radius 3 is 2.62 bits per heavy atom. The minimum absolute atomic E-state index is 0.0637. The molecule has 2 N–H and O–H groups in total. The highest BCUT2D eigenvalue weighted by Gasteiger charge is 2.19. The van der Waals surface area contributed by atoms with Crippen molar-refractivity contribution in [3.63, 3.8) is 0 Å². The normalized spacial score (nSPS) is 16.3. The zero-order valence-electron chi connectivity index (χ0n) is 13.9. The van der Waals surface area contributed by atoms with Gasteiger partial charge in [0.05, 0.1) is 17.4 Å². The van der Waals surface area contributed by atoms with Crippen molar-refractivity contribution >= 4 is 51.7 Å². The van der Waals surface area contributed by atoms with Crippen molar-refractivity contribution in [3.05, 3.63) is 62.2 Å². The molecular formula is C19H18ClIN2O3. The first kappa shape index (κ1) is 19.1. The van der Waals surface area contributed by atoms with E-state index in [1.807, 2.05) is 6.07 Å². The maximum Gasteiger partial charge on any atom is 0.255 e. The standard InChI is InChI=1S/C19H18ClIN2O3/c20-13-5-3-12(4-6-13)18(24)23-17-8-7-14(21)10-16(17)19(25)22-11-15-2-1-9-26-15/h3-8,10,15H,1-2,9,11H2,(H,22,25)(H,23,24)/t15-/m1/s1. The number of hydrogen-bond acceptors (Lipinski definition) is 3. The highest BCUT2D eigenvalue weighted by atomic mass is 127. The zero-order valence-corrected chi connectivity index (χ0v) is 16.8. The molecule has 0 unspecified atom stereocenters. The van der Waals surface area contributed by atoms with Gasteiger partial charge in [-0.3, -0.25) is 9.59 Å². The van der Waals surface area contributed by atoms with Crippen molar-refractivity contribution in [2.45, 2.75) is 18.9 Å². The maximum absolute atomic E-state index is 12.6. The summed E-state index contributed by atoms with van der Waals surface area (Å²) < 4.78 is 6.44. The molecule has 1 aliphatic heterocycles. The Kier molecular flexibility index (Phi) is 6.50. The Hall–Kier alpha value is -1.64. The molecule has 2 amide bonds. The van der Waals surface area contributed by atoms with Gasteiger partial charge in [0, 0.05) is 27.3 Å². The third-order valence-electron chi connectivity index (χ3n) is 4.10. The van der Waals surface area contributed by atoms with Gasteiger partial charge in [-0.2, -0.15) is 0 Å². The molecule has 136 valence electrons. The summed E-state index contributed by atoms with van der Waals surface area (Å²) in [6.07, 6.45) is 2.03. The van der Waals surface area contributed by atoms with Crippen molar-refractivity contribution in [1.82, 2.24) is 5.32 Å². The topological polar surface area (TPSA) is 67.4 Å². The summed E-state index contributed by atoms with van der Waals surface area (Å²) in [7, 11) is 0. The third kappa shape index (κ3) is 4.96. The number of rotatable bonds is 5. The number of halogens is 2. The van der Waals surface area contributed by atoms with Crippen molar-refractivity contribution < 1.29 is 14.3 Å². The van der Waals surface area contributed by atoms with Crippen LogP contribution >= 0.6 is 34.2 Å². The van der Waals surface area contributed by atoms with Gasteiger partial charge in [0.25, 0.3) is 11.8 Å². The van der Waals surface area contributed by atoms with Crippen LogP contribution in [0.2, 0.25) is 5.02 Å². The predicted octanol–water partition coefficient (Wildman–Crippen LogP) is 4.11. The largest absolute Gasteiger partial charge is 0.376 e. The van der Waals surface area contributed by atoms with Crippen LogP contribution in [0, 0.1) is 3.57 Å². The van der Waals surface area contributed by atoms with E-state index < -0.39 is 0 Å². The fraction of sp³-hybridized carbons (Fsp3) is 0.263. The maximum atomic E-state index is 12.6. The Bertz CT molecular complexity index is 805. The van der Waals surface area contributed by atoms with E-state index >= 15 is 0 Å². The van der Waals surface area contributed by atoms with Gasteiger partial charge in [0.15, 0.2) is 0 Å². The molecule has 1 heterocycles. The van der Waals surface area contributed by atoms with Crippen LogP contribution in [0.15, 0.2) is 42.5 Å². The van der Waals surface area contributed by atoms with E-state index in [9.17, 15) is 9.59 Å². The molecule has 1 atom stereocenters. The van der Waals surface area contributed by atoms with E-state index in [-0.39, 0.29) is 17.9 Å². The summed E-state index contributed by atoms with van der Waals surface area (Å²) in [6.45, 7) is 1.21. The molecule has 0 spiro atoms. The van der Waals surface area contributed by atoms with Gasteiger partial charge in [-0.1, -0.05) is 11.6 Å². The van der Waals surface area contributed by atoms with Crippen molar-refractivity contribution in [1.29, 1.82) is 0 Å². The Morgan fingerprint density at radius 2 is 1.92 bits per heavy atom. The number of carbonyl (C=O) groups excluding carboxylic acids is 2. The summed E-state index contributed by atoms with van der Waals surface area (Å²) in [5.41, 5.74) is 1.37. The molecule has 5 nitrogen and oxygen atoms in total. The molecule has 1 aliphatic rings. The highest BCUT2D eigenvalue weighted by Crippen LogP contribution is 2.21. The molecule has 0 aliphatic carbocycles. The molecule has 1 saturated heterocycles. The minimum atomic E-state index is -0.295. The monoisotopic (exact) mass is 484 g/mol. The molecule has 0 saturated carbocycles. The van der Waals surface area contributed by atoms with Crippen LogP contribution in [0.5, 0.6) is 0 Å². The fourth-order valence-electron chi connectivity index (χ4n) is 2.72. The molecule has 7 heteroatoms. The van der Waals surface area contributed by atoms with Crippen LogP contribution in [0.3, 0.4) is 0 Å². The van der Waals surface area contributed by atoms with E-state index in [0.29, 0.717) is 28.4 Å². The summed E-state index contributed by atoms with van der Waals surface area (Å²) in [5.74, 6) is -0.526. The van der Waals surface area contributed by atoms with Gasteiger partial charge >= 0.3 is 0 Å². The van der Waals surface area contributed by atoms with Crippen LogP contribution in [0.25, 0.3) is 0 Å². The van der Waals surface area contributed by atoms with Crippen molar-refractivity contribution in [2.75, 3.05) is 18.5 Å². The van der Waals surface area contributed by atoms with Crippen LogP contribution in [0.1, 0.15) is 33.6 Å². The van der Waals surface area contributed by atoms with Crippen LogP contribution in [-0.2, 0) is 4.74 Å². The number of carbonyl (C=O) groups is 2. The molecule has 3 rings (SSSR count). The van der Waals surface area contributed by atoms with Gasteiger partial charge in [-0.25, -0.2) is 0 Å². The average molecular weight is 485 g/mol. The Balaban J connectivity index is 1.73. The second-order valence-electron chi connectivity index (χ2n) is 6.00. The molecule has 0 radical (unpaired) electrons. The lowest BCUT2D eigenvalue weighted by molar-refractivity contribution is 0.0858. The average Bonchev–Trinajstić information content (AvgIpc) is 3.15. The van der Waals surface area contributed by atoms with Gasteiger partial charge in [-0.05, 0) is 77.9 Å². The molecule has 2 aromatic carbocycles. The SMILES string of the molecule is O=C(Nc1ccc(I)cc1C(=O)NC[C@H]1CCCO1)c1ccc(Cl)cc1. The second-order valence-corrected chi connectivity index (χ2v) is 7.68. The molecule has 0 bridgehead atoms. The second kappa shape index (κ2) is 8.83. The van der Waals surface area contributed by atoms with E-state index in [4.69, 9.17) is 16.3 Å². The van der Waals surface area contributed by atoms with Crippen LogP contribution in [0.4, 0.5) is 5.69 Å². The van der Waals surface area contributed by atoms with Crippen molar-refractivity contribution in [2.24, 2.45) is 0 Å². The van der Waals surface area contributed by atoms with Gasteiger partial charge < -0.3 is 15.4 Å². The van der Waals surface area contributed by atoms with Crippen molar-refractivity contribution in [3.8, 4) is 0 Å². The zero-order chi connectivity index (χ0) is 18.5. The molecule has 2 aromatic rings. The van der Waals surface area contributed by atoms with E-state index in [2.05, 4.69) is 33.2 Å². The number of anilines is 1. The highest BCUT2D eigenvalue weighted by molar-refractivity contribution is 14.1. The molecule has 0 aromatic heterocycles. The number of hydrogen-bond donors (Lipinski definition) is 2. The number of benzene rings is 2. The Morgan fingerprint density at radius 1 is 1.15 bits per heavy atom. The van der Waals surface area contributed by atoms with Gasteiger partial charge in [-0.15, -0.1) is 0 Å². The third-order valence-corrected chi connectivity index (χ3v) is 5.02.